The summed E-state index contributed by atoms with van der Waals surface area (Å²) in [6.45, 7) is 0. The summed E-state index contributed by atoms with van der Waals surface area (Å²) in [6, 6.07) is 0. The van der Waals surface area contributed by atoms with Crippen LogP contribution in [0.3, 0.4) is 0 Å². The highest BCUT2D eigenvalue weighted by Crippen LogP contribution is 2.05. The number of methoxy groups -OCH3 is 1. The summed E-state index contributed by atoms with van der Waals surface area (Å²) in [7, 11) is 4.58. The average molecular weight is 236 g/mol. The molecule has 2 heterocycles. The van der Waals surface area contributed by atoms with Gasteiger partial charge in [0, 0.05) is 14.1 Å². The summed E-state index contributed by atoms with van der Waals surface area (Å²) in [5.74, 6) is -0.101. The third kappa shape index (κ3) is 1.79. The van der Waals surface area contributed by atoms with Gasteiger partial charge in [0.05, 0.1) is 13.4 Å². The van der Waals surface area contributed by atoms with Crippen LogP contribution in [0.5, 0.6) is 0 Å². The fourth-order valence-corrected chi connectivity index (χ4v) is 1.58. The van der Waals surface area contributed by atoms with E-state index in [1.54, 1.807) is 18.7 Å². The molecule has 7 nitrogen and oxygen atoms in total. The highest BCUT2D eigenvalue weighted by Gasteiger charge is 2.14. The van der Waals surface area contributed by atoms with Crippen LogP contribution < -0.4 is 5.56 Å². The van der Waals surface area contributed by atoms with Crippen molar-refractivity contribution in [2.45, 2.75) is 6.42 Å². The van der Waals surface area contributed by atoms with Crippen molar-refractivity contribution in [3.8, 4) is 0 Å². The number of aryl methyl sites for hydroxylation is 1. The third-order valence-electron chi connectivity index (χ3n) is 2.58. The van der Waals surface area contributed by atoms with E-state index in [0.29, 0.717) is 17.0 Å². The van der Waals surface area contributed by atoms with Crippen LogP contribution in [0.25, 0.3) is 11.2 Å². The van der Waals surface area contributed by atoms with E-state index in [0.717, 1.165) is 0 Å². The molecule has 0 atom stereocenters. The maximum atomic E-state index is 12.0. The zero-order valence-corrected chi connectivity index (χ0v) is 9.80. The molecule has 0 unspecified atom stereocenters. The number of hydrogen-bond donors (Lipinski definition) is 0. The van der Waals surface area contributed by atoms with E-state index < -0.39 is 5.97 Å². The van der Waals surface area contributed by atoms with Crippen LogP contribution in [0.4, 0.5) is 0 Å². The molecule has 2 aromatic rings. The summed E-state index contributed by atoms with van der Waals surface area (Å²) >= 11 is 0. The summed E-state index contributed by atoms with van der Waals surface area (Å²) < 4.78 is 7.48. The standard InChI is InChI=1S/C10H12N4O3/c1-13-5-11-9-8(13)10(16)14(2)6(12-9)4-7(15)17-3/h5H,4H2,1-3H3. The van der Waals surface area contributed by atoms with E-state index in [1.807, 2.05) is 0 Å². The van der Waals surface area contributed by atoms with E-state index in [4.69, 9.17) is 0 Å². The second kappa shape index (κ2) is 4.00. The van der Waals surface area contributed by atoms with Crippen molar-refractivity contribution in [1.82, 2.24) is 19.1 Å². The minimum absolute atomic E-state index is 0.0469. The Hall–Kier alpha value is -2.18. The third-order valence-corrected chi connectivity index (χ3v) is 2.58. The Labute approximate surface area is 96.7 Å². The molecule has 0 amide bonds. The summed E-state index contributed by atoms with van der Waals surface area (Å²) in [5.41, 5.74) is 0.532. The van der Waals surface area contributed by atoms with Gasteiger partial charge in [-0.05, 0) is 0 Å². The van der Waals surface area contributed by atoms with Crippen LogP contribution in [0.1, 0.15) is 5.82 Å². The SMILES string of the molecule is COC(=O)Cc1nc2ncn(C)c2c(=O)n1C. The number of fused-ring (bicyclic) bond motifs is 1. The molecular formula is C10H12N4O3. The van der Waals surface area contributed by atoms with Gasteiger partial charge in [-0.1, -0.05) is 0 Å². The van der Waals surface area contributed by atoms with Gasteiger partial charge in [-0.3, -0.25) is 14.2 Å². The van der Waals surface area contributed by atoms with Crippen molar-refractivity contribution in [2.24, 2.45) is 14.1 Å². The quantitative estimate of drug-likeness (QED) is 0.649. The molecule has 0 N–H and O–H groups in total. The molecule has 90 valence electrons. The van der Waals surface area contributed by atoms with E-state index in [2.05, 4.69) is 14.7 Å². The predicted octanol–water partition coefficient (Wildman–Crippen LogP) is -0.618. The average Bonchev–Trinajstić information content (AvgIpc) is 2.67. The Kier molecular flexibility index (Phi) is 2.66. The first-order valence-corrected chi connectivity index (χ1v) is 4.98. The van der Waals surface area contributed by atoms with Gasteiger partial charge in [-0.15, -0.1) is 0 Å². The summed E-state index contributed by atoms with van der Waals surface area (Å²) in [4.78, 5) is 31.4. The van der Waals surface area contributed by atoms with Crippen molar-refractivity contribution < 1.29 is 9.53 Å². The zero-order chi connectivity index (χ0) is 12.6. The number of carbonyl (C=O) groups is 1. The first kappa shape index (κ1) is 11.3. The second-order valence-electron chi connectivity index (χ2n) is 3.67. The normalized spacial score (nSPS) is 10.8. The molecule has 0 spiro atoms. The summed E-state index contributed by atoms with van der Waals surface area (Å²) in [5, 5.41) is 0. The van der Waals surface area contributed by atoms with Gasteiger partial charge in [0.25, 0.3) is 5.56 Å². The van der Waals surface area contributed by atoms with Crippen LogP contribution in [0, 0.1) is 0 Å². The Balaban J connectivity index is 2.63. The summed E-state index contributed by atoms with van der Waals surface area (Å²) in [6.07, 6.45) is 1.47. The number of rotatable bonds is 2. The van der Waals surface area contributed by atoms with Crippen LogP contribution in [0.2, 0.25) is 0 Å². The van der Waals surface area contributed by atoms with Crippen LogP contribution in [-0.2, 0) is 30.0 Å². The fourth-order valence-electron chi connectivity index (χ4n) is 1.58. The number of hydrogen-bond acceptors (Lipinski definition) is 5. The van der Waals surface area contributed by atoms with Crippen molar-refractivity contribution >= 4 is 17.1 Å². The minimum atomic E-state index is -0.442. The monoisotopic (exact) mass is 236 g/mol. The largest absolute Gasteiger partial charge is 0.469 e. The molecule has 7 heteroatoms. The smallest absolute Gasteiger partial charge is 0.313 e. The molecule has 17 heavy (non-hydrogen) atoms. The van der Waals surface area contributed by atoms with E-state index in [9.17, 15) is 9.59 Å². The molecule has 0 saturated heterocycles. The first-order valence-electron chi connectivity index (χ1n) is 4.98. The lowest BCUT2D eigenvalue weighted by molar-refractivity contribution is -0.139. The van der Waals surface area contributed by atoms with Crippen LogP contribution in [0.15, 0.2) is 11.1 Å². The molecular weight excluding hydrogens is 224 g/mol. The predicted molar refractivity (Wildman–Crippen MR) is 59.5 cm³/mol. The van der Waals surface area contributed by atoms with Crippen molar-refractivity contribution in [3.05, 3.63) is 22.5 Å². The number of nitrogens with zero attached hydrogens (tertiary/aromatic N) is 4. The van der Waals surface area contributed by atoms with Crippen LogP contribution in [-0.4, -0.2) is 32.2 Å². The molecule has 2 rings (SSSR count). The lowest BCUT2D eigenvalue weighted by atomic mass is 10.3. The Bertz CT molecular complexity index is 641. The number of aromatic nitrogens is 4. The molecule has 0 fully saturated rings. The Morgan fingerprint density at radius 2 is 2.18 bits per heavy atom. The molecule has 0 saturated carbocycles. The molecule has 0 bridgehead atoms. The number of esters is 1. The number of ether oxygens (including phenoxy) is 1. The topological polar surface area (TPSA) is 79.0 Å². The van der Waals surface area contributed by atoms with Gasteiger partial charge in [-0.25, -0.2) is 9.97 Å². The fraction of sp³-hybridized carbons (Fsp3) is 0.400. The van der Waals surface area contributed by atoms with Gasteiger partial charge in [-0.2, -0.15) is 0 Å². The molecule has 2 aromatic heterocycles. The molecule has 0 aliphatic rings. The first-order chi connectivity index (χ1) is 8.04. The maximum absolute atomic E-state index is 12.0. The van der Waals surface area contributed by atoms with Gasteiger partial charge in [0.15, 0.2) is 11.2 Å². The van der Waals surface area contributed by atoms with Gasteiger partial charge in [0.1, 0.15) is 12.2 Å². The highest BCUT2D eigenvalue weighted by molar-refractivity contribution is 5.73. The number of imidazole rings is 1. The zero-order valence-electron chi connectivity index (χ0n) is 9.80. The number of carbonyl (C=O) groups excluding carboxylic acids is 1. The van der Waals surface area contributed by atoms with Crippen molar-refractivity contribution in [1.29, 1.82) is 0 Å². The van der Waals surface area contributed by atoms with Gasteiger partial charge in [0.2, 0.25) is 0 Å². The van der Waals surface area contributed by atoms with E-state index >= 15 is 0 Å². The molecule has 0 aromatic carbocycles. The van der Waals surface area contributed by atoms with E-state index in [1.165, 1.54) is 18.0 Å². The molecule has 0 aliphatic carbocycles. The molecule has 0 radical (unpaired) electrons. The minimum Gasteiger partial charge on any atom is -0.469 e. The Morgan fingerprint density at radius 3 is 2.82 bits per heavy atom. The van der Waals surface area contributed by atoms with Crippen molar-refractivity contribution in [2.75, 3.05) is 7.11 Å². The second-order valence-corrected chi connectivity index (χ2v) is 3.67. The van der Waals surface area contributed by atoms with Gasteiger partial charge >= 0.3 is 5.97 Å². The lowest BCUT2D eigenvalue weighted by Crippen LogP contribution is -2.25. The maximum Gasteiger partial charge on any atom is 0.313 e. The van der Waals surface area contributed by atoms with Crippen molar-refractivity contribution in [3.63, 3.8) is 0 Å². The van der Waals surface area contributed by atoms with E-state index in [-0.39, 0.29) is 12.0 Å². The highest BCUT2D eigenvalue weighted by atomic mass is 16.5. The molecule has 0 aliphatic heterocycles. The Morgan fingerprint density at radius 1 is 1.47 bits per heavy atom. The van der Waals surface area contributed by atoms with Crippen LogP contribution >= 0.6 is 0 Å². The van der Waals surface area contributed by atoms with Gasteiger partial charge < -0.3 is 9.30 Å². The lowest BCUT2D eigenvalue weighted by Gasteiger charge is -2.06.